The summed E-state index contributed by atoms with van der Waals surface area (Å²) < 4.78 is 13.6. The van der Waals surface area contributed by atoms with Crippen molar-refractivity contribution in [3.8, 4) is 0 Å². The van der Waals surface area contributed by atoms with Crippen LogP contribution in [0.2, 0.25) is 0 Å². The van der Waals surface area contributed by atoms with Crippen molar-refractivity contribution in [2.45, 2.75) is 39.0 Å². The largest absolute Gasteiger partial charge is 0.466 e. The molecular weight excluding hydrogens is 268 g/mol. The van der Waals surface area contributed by atoms with E-state index in [1.807, 2.05) is 0 Å². The van der Waals surface area contributed by atoms with E-state index in [2.05, 4.69) is 14.2 Å². The minimum Gasteiger partial charge on any atom is -0.466 e. The fourth-order valence-electron chi connectivity index (χ4n) is 1.24. The van der Waals surface area contributed by atoms with Crippen LogP contribution < -0.4 is 0 Å². The molecule has 0 amide bonds. The van der Waals surface area contributed by atoms with E-state index in [-0.39, 0.29) is 31.8 Å². The molecule has 0 bridgehead atoms. The number of hydrogen-bond acceptors (Lipinski definition) is 7. The van der Waals surface area contributed by atoms with Crippen LogP contribution in [0, 0.1) is 0 Å². The molecule has 0 N–H and O–H groups in total. The van der Waals surface area contributed by atoms with Gasteiger partial charge in [0, 0.05) is 12.8 Å². The maximum Gasteiger partial charge on any atom is 0.344 e. The summed E-state index contributed by atoms with van der Waals surface area (Å²) in [6.45, 7) is 0.763. The number of hydrogen-bond donors (Lipinski definition) is 0. The average molecular weight is 288 g/mol. The number of ketones is 1. The van der Waals surface area contributed by atoms with Gasteiger partial charge < -0.3 is 14.2 Å². The SMILES string of the molecule is COC(=O)COC(=O)CCCCCC(=O)OCC(C)=O. The lowest BCUT2D eigenvalue weighted by Gasteiger charge is -2.04. The highest BCUT2D eigenvalue weighted by molar-refractivity contribution is 5.80. The van der Waals surface area contributed by atoms with Crippen LogP contribution in [-0.2, 0) is 33.4 Å². The Balaban J connectivity index is 3.47. The van der Waals surface area contributed by atoms with E-state index >= 15 is 0 Å². The first-order valence-corrected chi connectivity index (χ1v) is 6.33. The second-order valence-electron chi connectivity index (χ2n) is 4.16. The molecule has 0 aromatic carbocycles. The molecule has 0 aromatic rings. The van der Waals surface area contributed by atoms with Gasteiger partial charge in [-0.25, -0.2) is 4.79 Å². The maximum absolute atomic E-state index is 11.2. The molecule has 0 heterocycles. The lowest BCUT2D eigenvalue weighted by atomic mass is 10.1. The topological polar surface area (TPSA) is 96.0 Å². The molecule has 0 aliphatic heterocycles. The molecule has 0 aromatic heterocycles. The zero-order valence-electron chi connectivity index (χ0n) is 11.8. The standard InChI is InChI=1S/C13H20O7/c1-10(14)8-19-11(15)6-4-3-5-7-12(16)20-9-13(17)18-2/h3-9H2,1-2H3. The third-order valence-corrected chi connectivity index (χ3v) is 2.28. The van der Waals surface area contributed by atoms with Gasteiger partial charge in [-0.2, -0.15) is 0 Å². The summed E-state index contributed by atoms with van der Waals surface area (Å²) in [5.74, 6) is -1.71. The number of methoxy groups -OCH3 is 1. The van der Waals surface area contributed by atoms with Gasteiger partial charge in [0.1, 0.15) is 6.61 Å². The van der Waals surface area contributed by atoms with Crippen LogP contribution in [0.1, 0.15) is 39.0 Å². The molecule has 0 atom stereocenters. The quantitative estimate of drug-likeness (QED) is 0.333. The van der Waals surface area contributed by atoms with E-state index in [0.29, 0.717) is 19.3 Å². The fourth-order valence-corrected chi connectivity index (χ4v) is 1.24. The molecule has 0 unspecified atom stereocenters. The second-order valence-corrected chi connectivity index (χ2v) is 4.16. The summed E-state index contributed by atoms with van der Waals surface area (Å²) in [5.41, 5.74) is 0. The third-order valence-electron chi connectivity index (χ3n) is 2.28. The summed E-state index contributed by atoms with van der Waals surface area (Å²) in [6, 6.07) is 0. The highest BCUT2D eigenvalue weighted by Crippen LogP contribution is 2.05. The summed E-state index contributed by atoms with van der Waals surface area (Å²) in [4.78, 5) is 43.6. The number of carbonyl (C=O) groups excluding carboxylic acids is 4. The van der Waals surface area contributed by atoms with Gasteiger partial charge >= 0.3 is 17.9 Å². The Kier molecular flexibility index (Phi) is 9.90. The summed E-state index contributed by atoms with van der Waals surface area (Å²) in [6.07, 6.45) is 2.17. The summed E-state index contributed by atoms with van der Waals surface area (Å²) >= 11 is 0. The van der Waals surface area contributed by atoms with Crippen molar-refractivity contribution < 1.29 is 33.4 Å². The van der Waals surface area contributed by atoms with Crippen molar-refractivity contribution in [3.05, 3.63) is 0 Å². The molecule has 20 heavy (non-hydrogen) atoms. The molecule has 7 nitrogen and oxygen atoms in total. The predicted molar refractivity (Wildman–Crippen MR) is 67.7 cm³/mol. The second kappa shape index (κ2) is 11.0. The molecule has 0 rings (SSSR count). The Bertz CT molecular complexity index is 349. The van der Waals surface area contributed by atoms with Crippen LogP contribution in [0.25, 0.3) is 0 Å². The first-order chi connectivity index (χ1) is 9.45. The van der Waals surface area contributed by atoms with E-state index in [0.717, 1.165) is 0 Å². The Morgan fingerprint density at radius 2 is 1.25 bits per heavy atom. The van der Waals surface area contributed by atoms with Crippen molar-refractivity contribution in [3.63, 3.8) is 0 Å². The molecule has 114 valence electrons. The van der Waals surface area contributed by atoms with Crippen LogP contribution >= 0.6 is 0 Å². The van der Waals surface area contributed by atoms with Crippen molar-refractivity contribution >= 4 is 23.7 Å². The van der Waals surface area contributed by atoms with Crippen molar-refractivity contribution in [2.75, 3.05) is 20.3 Å². The third kappa shape index (κ3) is 11.2. The first-order valence-electron chi connectivity index (χ1n) is 6.33. The van der Waals surface area contributed by atoms with E-state index in [4.69, 9.17) is 0 Å². The summed E-state index contributed by atoms with van der Waals surface area (Å²) in [7, 11) is 1.21. The number of rotatable bonds is 10. The van der Waals surface area contributed by atoms with Crippen LogP contribution in [-0.4, -0.2) is 44.0 Å². The first kappa shape index (κ1) is 18.1. The molecule has 0 spiro atoms. The number of carbonyl (C=O) groups is 4. The average Bonchev–Trinajstić information content (AvgIpc) is 2.41. The number of ether oxygens (including phenoxy) is 3. The highest BCUT2D eigenvalue weighted by atomic mass is 16.6. The van der Waals surface area contributed by atoms with Crippen molar-refractivity contribution in [2.24, 2.45) is 0 Å². The van der Waals surface area contributed by atoms with Crippen LogP contribution in [0.4, 0.5) is 0 Å². The predicted octanol–water partition coefficient (Wildman–Crippen LogP) is 0.785. The van der Waals surface area contributed by atoms with Crippen LogP contribution in [0.5, 0.6) is 0 Å². The number of unbranched alkanes of at least 4 members (excludes halogenated alkanes) is 2. The van der Waals surface area contributed by atoms with Gasteiger partial charge in [-0.1, -0.05) is 6.42 Å². The Labute approximate surface area is 117 Å². The van der Waals surface area contributed by atoms with Gasteiger partial charge in [0.15, 0.2) is 12.4 Å². The molecule has 0 radical (unpaired) electrons. The van der Waals surface area contributed by atoms with E-state index in [1.165, 1.54) is 14.0 Å². The monoisotopic (exact) mass is 288 g/mol. The fraction of sp³-hybridized carbons (Fsp3) is 0.692. The Morgan fingerprint density at radius 1 is 0.750 bits per heavy atom. The van der Waals surface area contributed by atoms with Crippen molar-refractivity contribution in [1.82, 2.24) is 0 Å². The zero-order chi connectivity index (χ0) is 15.4. The van der Waals surface area contributed by atoms with E-state index in [1.54, 1.807) is 0 Å². The van der Waals surface area contributed by atoms with Gasteiger partial charge in [0.2, 0.25) is 0 Å². The molecular formula is C13H20O7. The molecule has 0 aliphatic carbocycles. The lowest BCUT2D eigenvalue weighted by Crippen LogP contribution is -2.14. The lowest BCUT2D eigenvalue weighted by molar-refractivity contribution is -0.157. The van der Waals surface area contributed by atoms with Gasteiger partial charge in [-0.15, -0.1) is 0 Å². The molecule has 0 aliphatic rings. The van der Waals surface area contributed by atoms with Gasteiger partial charge in [-0.05, 0) is 19.8 Å². The van der Waals surface area contributed by atoms with Gasteiger partial charge in [0.25, 0.3) is 0 Å². The molecule has 0 fully saturated rings. The minimum absolute atomic E-state index is 0.180. The van der Waals surface area contributed by atoms with Gasteiger partial charge in [-0.3, -0.25) is 14.4 Å². The normalized spacial score (nSPS) is 9.70. The summed E-state index contributed by atoms with van der Waals surface area (Å²) in [5, 5.41) is 0. The Hall–Kier alpha value is -1.92. The molecule has 0 saturated heterocycles. The van der Waals surface area contributed by atoms with E-state index in [9.17, 15) is 19.2 Å². The highest BCUT2D eigenvalue weighted by Gasteiger charge is 2.08. The van der Waals surface area contributed by atoms with Gasteiger partial charge in [0.05, 0.1) is 7.11 Å². The molecule has 0 saturated carbocycles. The molecule has 7 heteroatoms. The minimum atomic E-state index is -0.605. The maximum atomic E-state index is 11.2. The number of Topliss-reactive ketones (excluding diaryl/α,β-unsaturated/α-hetero) is 1. The number of esters is 3. The van der Waals surface area contributed by atoms with E-state index < -0.39 is 17.9 Å². The smallest absolute Gasteiger partial charge is 0.344 e. The van der Waals surface area contributed by atoms with Crippen molar-refractivity contribution in [1.29, 1.82) is 0 Å². The van der Waals surface area contributed by atoms with Crippen LogP contribution in [0.15, 0.2) is 0 Å². The van der Waals surface area contributed by atoms with Crippen LogP contribution in [0.3, 0.4) is 0 Å². The zero-order valence-corrected chi connectivity index (χ0v) is 11.8. The Morgan fingerprint density at radius 3 is 1.70 bits per heavy atom.